The molecule has 0 saturated carbocycles. The van der Waals surface area contributed by atoms with Crippen LogP contribution in [-0.2, 0) is 0 Å². The topological polar surface area (TPSA) is 59.4 Å². The highest BCUT2D eigenvalue weighted by Gasteiger charge is 2.14. The number of aromatic nitrogens is 1. The second-order valence-electron chi connectivity index (χ2n) is 3.34. The Morgan fingerprint density at radius 3 is 2.83 bits per heavy atom. The second kappa shape index (κ2) is 5.14. The molecule has 1 heterocycles. The first-order chi connectivity index (χ1) is 8.58. The molecule has 0 aliphatic carbocycles. The van der Waals surface area contributed by atoms with Crippen molar-refractivity contribution < 1.29 is 19.0 Å². The fraction of sp³-hybridized carbons (Fsp3) is 0. The number of pyridine rings is 1. The van der Waals surface area contributed by atoms with Crippen LogP contribution in [0.5, 0.6) is 11.6 Å². The quantitative estimate of drug-likeness (QED) is 0.943. The van der Waals surface area contributed by atoms with Gasteiger partial charge in [0.15, 0.2) is 0 Å². The van der Waals surface area contributed by atoms with E-state index in [2.05, 4.69) is 20.9 Å². The molecule has 1 aromatic heterocycles. The molecule has 0 bridgehead atoms. The zero-order valence-corrected chi connectivity index (χ0v) is 10.5. The summed E-state index contributed by atoms with van der Waals surface area (Å²) in [6, 6.07) is 6.69. The highest BCUT2D eigenvalue weighted by Crippen LogP contribution is 2.30. The number of halogens is 2. The predicted octanol–water partition coefficient (Wildman–Crippen LogP) is 3.47. The van der Waals surface area contributed by atoms with Crippen LogP contribution in [0.2, 0.25) is 0 Å². The maximum absolute atomic E-state index is 12.9. The summed E-state index contributed by atoms with van der Waals surface area (Å²) in [4.78, 5) is 14.8. The summed E-state index contributed by atoms with van der Waals surface area (Å²) in [5, 5.41) is 8.97. The molecule has 0 spiro atoms. The summed E-state index contributed by atoms with van der Waals surface area (Å²) in [6.45, 7) is 0. The second-order valence-corrected chi connectivity index (χ2v) is 4.19. The third kappa shape index (κ3) is 2.65. The number of rotatable bonds is 3. The van der Waals surface area contributed by atoms with Crippen LogP contribution >= 0.6 is 15.9 Å². The molecule has 1 aromatic carbocycles. The summed E-state index contributed by atoms with van der Waals surface area (Å²) >= 11 is 3.13. The summed E-state index contributed by atoms with van der Waals surface area (Å²) in [6.07, 6.45) is 1.42. The van der Waals surface area contributed by atoms with Gasteiger partial charge in [0.1, 0.15) is 17.1 Å². The van der Waals surface area contributed by atoms with Crippen molar-refractivity contribution in [3.8, 4) is 11.6 Å². The Bertz CT molecular complexity index is 604. The van der Waals surface area contributed by atoms with Crippen LogP contribution in [0.1, 0.15) is 10.4 Å². The molecule has 2 rings (SSSR count). The van der Waals surface area contributed by atoms with Gasteiger partial charge in [-0.15, -0.1) is 0 Å². The van der Waals surface area contributed by atoms with Gasteiger partial charge in [-0.1, -0.05) is 0 Å². The number of nitrogens with zero attached hydrogens (tertiary/aromatic N) is 1. The van der Waals surface area contributed by atoms with Crippen LogP contribution in [-0.4, -0.2) is 16.1 Å². The molecule has 0 amide bonds. The van der Waals surface area contributed by atoms with Gasteiger partial charge in [-0.3, -0.25) is 0 Å². The van der Waals surface area contributed by atoms with E-state index >= 15 is 0 Å². The minimum Gasteiger partial charge on any atom is -0.477 e. The molecule has 0 unspecified atom stereocenters. The van der Waals surface area contributed by atoms with Crippen molar-refractivity contribution in [2.75, 3.05) is 0 Å². The number of carboxylic acids is 1. The maximum Gasteiger partial charge on any atom is 0.341 e. The summed E-state index contributed by atoms with van der Waals surface area (Å²) < 4.78 is 18.6. The standard InChI is InChI=1S/C12H7BrFNO3/c13-9-6-7(14)3-4-10(9)18-11-8(12(16)17)2-1-5-15-11/h1-6H,(H,16,17). The van der Waals surface area contributed by atoms with Crippen molar-refractivity contribution in [1.29, 1.82) is 0 Å². The number of carboxylic acid groups (broad SMARTS) is 1. The van der Waals surface area contributed by atoms with E-state index in [0.29, 0.717) is 4.47 Å². The molecule has 6 heteroatoms. The van der Waals surface area contributed by atoms with Gasteiger partial charge in [0, 0.05) is 6.20 Å². The van der Waals surface area contributed by atoms with Crippen LogP contribution in [0.25, 0.3) is 0 Å². The van der Waals surface area contributed by atoms with Crippen LogP contribution in [0.4, 0.5) is 4.39 Å². The molecular weight excluding hydrogens is 305 g/mol. The van der Waals surface area contributed by atoms with Crippen molar-refractivity contribution >= 4 is 21.9 Å². The Balaban J connectivity index is 2.37. The van der Waals surface area contributed by atoms with Gasteiger partial charge in [0.05, 0.1) is 4.47 Å². The Morgan fingerprint density at radius 1 is 1.39 bits per heavy atom. The largest absolute Gasteiger partial charge is 0.477 e. The first kappa shape index (κ1) is 12.5. The van der Waals surface area contributed by atoms with Crippen molar-refractivity contribution in [3.63, 3.8) is 0 Å². The number of benzene rings is 1. The van der Waals surface area contributed by atoms with Gasteiger partial charge in [-0.2, -0.15) is 0 Å². The molecule has 0 atom stereocenters. The number of hydrogen-bond acceptors (Lipinski definition) is 3. The van der Waals surface area contributed by atoms with E-state index in [1.807, 2.05) is 0 Å². The average Bonchev–Trinajstić information content (AvgIpc) is 2.33. The monoisotopic (exact) mass is 311 g/mol. The number of carbonyl (C=O) groups is 1. The smallest absolute Gasteiger partial charge is 0.341 e. The van der Waals surface area contributed by atoms with Crippen LogP contribution in [0.3, 0.4) is 0 Å². The van der Waals surface area contributed by atoms with Crippen molar-refractivity contribution in [1.82, 2.24) is 4.98 Å². The lowest BCUT2D eigenvalue weighted by Crippen LogP contribution is -2.01. The highest BCUT2D eigenvalue weighted by molar-refractivity contribution is 9.10. The van der Waals surface area contributed by atoms with E-state index in [1.54, 1.807) is 0 Å². The first-order valence-corrected chi connectivity index (χ1v) is 5.68. The molecule has 0 radical (unpaired) electrons. The molecule has 2 aromatic rings. The number of aromatic carboxylic acids is 1. The lowest BCUT2D eigenvalue weighted by Gasteiger charge is -2.08. The van der Waals surface area contributed by atoms with E-state index < -0.39 is 11.8 Å². The molecule has 92 valence electrons. The predicted molar refractivity (Wildman–Crippen MR) is 65.4 cm³/mol. The Kier molecular flexibility index (Phi) is 3.57. The fourth-order valence-electron chi connectivity index (χ4n) is 1.30. The zero-order chi connectivity index (χ0) is 13.1. The molecule has 0 fully saturated rings. The first-order valence-electron chi connectivity index (χ1n) is 4.89. The molecule has 0 saturated heterocycles. The van der Waals surface area contributed by atoms with E-state index in [1.165, 1.54) is 36.5 Å². The lowest BCUT2D eigenvalue weighted by atomic mass is 10.3. The summed E-state index contributed by atoms with van der Waals surface area (Å²) in [5.74, 6) is -1.32. The normalized spacial score (nSPS) is 10.1. The third-order valence-electron chi connectivity index (χ3n) is 2.10. The maximum atomic E-state index is 12.9. The Morgan fingerprint density at radius 2 is 2.17 bits per heavy atom. The summed E-state index contributed by atoms with van der Waals surface area (Å²) in [5.41, 5.74) is -0.0614. The van der Waals surface area contributed by atoms with E-state index in [-0.39, 0.29) is 17.2 Å². The number of hydrogen-bond donors (Lipinski definition) is 1. The van der Waals surface area contributed by atoms with Crippen LogP contribution < -0.4 is 4.74 Å². The SMILES string of the molecule is O=C(O)c1cccnc1Oc1ccc(F)cc1Br. The number of ether oxygens (including phenoxy) is 1. The molecule has 0 aliphatic rings. The van der Waals surface area contributed by atoms with E-state index in [4.69, 9.17) is 9.84 Å². The third-order valence-corrected chi connectivity index (χ3v) is 2.72. The van der Waals surface area contributed by atoms with Gasteiger partial charge in [-0.25, -0.2) is 14.2 Å². The molecule has 18 heavy (non-hydrogen) atoms. The van der Waals surface area contributed by atoms with Crippen molar-refractivity contribution in [3.05, 3.63) is 52.4 Å². The highest BCUT2D eigenvalue weighted by atomic mass is 79.9. The van der Waals surface area contributed by atoms with E-state index in [9.17, 15) is 9.18 Å². The zero-order valence-electron chi connectivity index (χ0n) is 8.93. The van der Waals surface area contributed by atoms with Gasteiger partial charge in [-0.05, 0) is 46.3 Å². The molecule has 0 aliphatic heterocycles. The van der Waals surface area contributed by atoms with Crippen molar-refractivity contribution in [2.24, 2.45) is 0 Å². The minimum absolute atomic E-state index is 0.0442. The fourth-order valence-corrected chi connectivity index (χ4v) is 1.73. The van der Waals surface area contributed by atoms with Crippen LogP contribution in [0, 0.1) is 5.82 Å². The van der Waals surface area contributed by atoms with Gasteiger partial charge in [0.2, 0.25) is 5.88 Å². The van der Waals surface area contributed by atoms with Crippen LogP contribution in [0.15, 0.2) is 41.0 Å². The Hall–Kier alpha value is -1.95. The van der Waals surface area contributed by atoms with Crippen molar-refractivity contribution in [2.45, 2.75) is 0 Å². The van der Waals surface area contributed by atoms with Gasteiger partial charge in [0.25, 0.3) is 0 Å². The molecular formula is C12H7BrFNO3. The van der Waals surface area contributed by atoms with E-state index in [0.717, 1.165) is 0 Å². The molecule has 1 N–H and O–H groups in total. The van der Waals surface area contributed by atoms with Gasteiger partial charge >= 0.3 is 5.97 Å². The van der Waals surface area contributed by atoms with Gasteiger partial charge < -0.3 is 9.84 Å². The Labute approximate surface area is 110 Å². The lowest BCUT2D eigenvalue weighted by molar-refractivity contribution is 0.0693. The average molecular weight is 312 g/mol. The minimum atomic E-state index is -1.14. The molecule has 4 nitrogen and oxygen atoms in total. The summed E-state index contributed by atoms with van der Waals surface area (Å²) in [7, 11) is 0.